The van der Waals surface area contributed by atoms with Gasteiger partial charge in [-0.05, 0) is 50.1 Å². The average molecular weight is 338 g/mol. The summed E-state index contributed by atoms with van der Waals surface area (Å²) >= 11 is 12.2. The normalized spacial score (nSPS) is 15.8. The molecule has 1 atom stereocenters. The minimum absolute atomic E-state index is 0.440. The molecule has 0 rings (SSSR count). The Morgan fingerprint density at radius 2 is 1.35 bits per heavy atom. The Bertz CT molecular complexity index is 252. The monoisotopic (exact) mass is 338 g/mol. The molecule has 0 heterocycles. The predicted molar refractivity (Wildman–Crippen MR) is 82.7 cm³/mol. The molecule has 9 heteroatoms. The topological polar surface area (TPSA) is 36.9 Å². The van der Waals surface area contributed by atoms with Crippen LogP contribution in [0.25, 0.3) is 0 Å². The molecule has 0 aromatic rings. The molecule has 0 aliphatic carbocycles. The van der Waals surface area contributed by atoms with Crippen molar-refractivity contribution in [1.82, 2.24) is 0 Å². The highest BCUT2D eigenvalue weighted by molar-refractivity contribution is 8.68. The van der Waals surface area contributed by atoms with Gasteiger partial charge < -0.3 is 13.6 Å². The van der Waals surface area contributed by atoms with Gasteiger partial charge in [-0.3, -0.25) is 0 Å². The first-order valence-corrected chi connectivity index (χ1v) is 12.2. The lowest BCUT2D eigenvalue weighted by molar-refractivity contribution is 0.214. The number of rotatable bonds is 10. The van der Waals surface area contributed by atoms with Crippen LogP contribution < -0.4 is 0 Å². The highest BCUT2D eigenvalue weighted by Crippen LogP contribution is 2.71. The lowest BCUT2D eigenvalue weighted by Crippen LogP contribution is -1.99. The third-order valence-electron chi connectivity index (χ3n) is 1.35. The SMILES string of the molecule is CCOP(=S)(OCC)OP(=S)(OCC)SCC. The number of hydrogen-bond acceptors (Lipinski definition) is 7. The van der Waals surface area contributed by atoms with Crippen LogP contribution in [0.2, 0.25) is 0 Å². The van der Waals surface area contributed by atoms with Gasteiger partial charge in [0.25, 0.3) is 5.69 Å². The fraction of sp³-hybridized carbons (Fsp3) is 1.00. The Hall–Kier alpha value is 1.49. The van der Waals surface area contributed by atoms with E-state index >= 15 is 0 Å². The van der Waals surface area contributed by atoms with Crippen LogP contribution in [0.1, 0.15) is 27.7 Å². The second-order valence-electron chi connectivity index (χ2n) is 2.65. The molecular weight excluding hydrogens is 318 g/mol. The van der Waals surface area contributed by atoms with Gasteiger partial charge in [0.1, 0.15) is 0 Å². The van der Waals surface area contributed by atoms with Gasteiger partial charge in [-0.2, -0.15) is 0 Å². The molecule has 0 aromatic carbocycles. The average Bonchev–Trinajstić information content (AvgIpc) is 2.17. The summed E-state index contributed by atoms with van der Waals surface area (Å²) in [7, 11) is 0. The van der Waals surface area contributed by atoms with Gasteiger partial charge in [-0.1, -0.05) is 18.3 Å². The molecule has 0 saturated carbocycles. The van der Waals surface area contributed by atoms with E-state index in [0.717, 1.165) is 5.75 Å². The van der Waals surface area contributed by atoms with Crippen molar-refractivity contribution in [1.29, 1.82) is 0 Å². The molecule has 0 radical (unpaired) electrons. The van der Waals surface area contributed by atoms with Crippen molar-refractivity contribution in [3.8, 4) is 0 Å². The second-order valence-corrected chi connectivity index (χ2v) is 12.4. The fourth-order valence-electron chi connectivity index (χ4n) is 0.924. The van der Waals surface area contributed by atoms with Gasteiger partial charge in [0.2, 0.25) is 0 Å². The molecule has 0 aliphatic heterocycles. The largest absolute Gasteiger partial charge is 0.333 e. The molecule has 0 aromatic heterocycles. The Balaban J connectivity index is 4.79. The molecule has 104 valence electrons. The molecule has 1 unspecified atom stereocenters. The van der Waals surface area contributed by atoms with Crippen molar-refractivity contribution < 1.29 is 17.9 Å². The summed E-state index contributed by atoms with van der Waals surface area (Å²) in [5.41, 5.74) is -2.46. The first kappa shape index (κ1) is 18.5. The van der Waals surface area contributed by atoms with Crippen LogP contribution >= 0.6 is 23.8 Å². The van der Waals surface area contributed by atoms with Crippen molar-refractivity contribution in [2.45, 2.75) is 27.7 Å². The van der Waals surface area contributed by atoms with Gasteiger partial charge in [0.15, 0.2) is 0 Å². The zero-order chi connectivity index (χ0) is 13.4. The highest BCUT2D eigenvalue weighted by atomic mass is 32.9. The van der Waals surface area contributed by atoms with Crippen LogP contribution in [0, 0.1) is 0 Å². The minimum Gasteiger partial charge on any atom is -0.322 e. The van der Waals surface area contributed by atoms with Crippen LogP contribution in [0.4, 0.5) is 0 Å². The Morgan fingerprint density at radius 3 is 1.71 bits per heavy atom. The second kappa shape index (κ2) is 9.40. The third kappa shape index (κ3) is 7.61. The standard InChI is InChI=1S/C8H20O4P2S3/c1-5-9-13(15,10-6-2)12-14(16,11-7-3)17-8-4/h5-8H2,1-4H3. The fourth-order valence-corrected chi connectivity index (χ4v) is 11.1. The Labute approximate surface area is 118 Å². The van der Waals surface area contributed by atoms with E-state index < -0.39 is 12.4 Å². The molecule has 0 aliphatic rings. The van der Waals surface area contributed by atoms with E-state index in [0.29, 0.717) is 19.8 Å². The van der Waals surface area contributed by atoms with Gasteiger partial charge in [0, 0.05) is 0 Å². The van der Waals surface area contributed by atoms with Crippen LogP contribution in [0.3, 0.4) is 0 Å². The maximum atomic E-state index is 5.74. The van der Waals surface area contributed by atoms with E-state index in [1.54, 1.807) is 0 Å². The summed E-state index contributed by atoms with van der Waals surface area (Å²) in [6.45, 7) is 6.19. The molecule has 0 bridgehead atoms. The van der Waals surface area contributed by atoms with Crippen LogP contribution in [0.5, 0.6) is 0 Å². The van der Waals surface area contributed by atoms with Crippen LogP contribution in [0.15, 0.2) is 0 Å². The van der Waals surface area contributed by atoms with Crippen molar-refractivity contribution >= 4 is 47.4 Å². The van der Waals surface area contributed by atoms with E-state index in [4.69, 9.17) is 41.5 Å². The Morgan fingerprint density at radius 1 is 0.882 bits per heavy atom. The van der Waals surface area contributed by atoms with E-state index in [-0.39, 0.29) is 0 Å². The molecule has 0 spiro atoms. The maximum absolute atomic E-state index is 5.74. The summed E-state index contributed by atoms with van der Waals surface area (Å²) < 4.78 is 22.1. The van der Waals surface area contributed by atoms with Crippen molar-refractivity contribution in [3.05, 3.63) is 0 Å². The lowest BCUT2D eigenvalue weighted by Gasteiger charge is -2.27. The van der Waals surface area contributed by atoms with E-state index in [1.165, 1.54) is 11.4 Å². The van der Waals surface area contributed by atoms with Crippen molar-refractivity contribution in [2.24, 2.45) is 0 Å². The molecule has 4 nitrogen and oxygen atoms in total. The zero-order valence-electron chi connectivity index (χ0n) is 10.6. The van der Waals surface area contributed by atoms with Crippen LogP contribution in [-0.4, -0.2) is 25.6 Å². The molecule has 0 N–H and O–H groups in total. The summed E-state index contributed by atoms with van der Waals surface area (Å²) in [5, 5.41) is 0. The number of hydrogen-bond donors (Lipinski definition) is 0. The summed E-state index contributed by atoms with van der Waals surface area (Å²) in [5.74, 6) is 0.810. The third-order valence-corrected chi connectivity index (χ3v) is 11.0. The van der Waals surface area contributed by atoms with E-state index in [2.05, 4.69) is 0 Å². The van der Waals surface area contributed by atoms with Crippen LogP contribution in [-0.2, 0) is 41.5 Å². The highest BCUT2D eigenvalue weighted by Gasteiger charge is 2.31. The Kier molecular flexibility index (Phi) is 10.2. The minimum atomic E-state index is -2.77. The van der Waals surface area contributed by atoms with Gasteiger partial charge in [-0.15, -0.1) is 0 Å². The summed E-state index contributed by atoms with van der Waals surface area (Å²) in [6, 6.07) is 0. The van der Waals surface area contributed by atoms with E-state index in [1.807, 2.05) is 27.7 Å². The van der Waals surface area contributed by atoms with Gasteiger partial charge in [0.05, 0.1) is 19.8 Å². The van der Waals surface area contributed by atoms with E-state index in [9.17, 15) is 0 Å². The van der Waals surface area contributed by atoms with Crippen molar-refractivity contribution in [2.75, 3.05) is 25.6 Å². The first-order valence-electron chi connectivity index (χ1n) is 5.44. The molecule has 0 saturated heterocycles. The zero-order valence-corrected chi connectivity index (χ0v) is 14.8. The van der Waals surface area contributed by atoms with Crippen molar-refractivity contribution in [3.63, 3.8) is 0 Å². The molecule has 17 heavy (non-hydrogen) atoms. The lowest BCUT2D eigenvalue weighted by atomic mass is 10.9. The quantitative estimate of drug-likeness (QED) is 0.549. The molecule has 0 fully saturated rings. The summed E-state index contributed by atoms with van der Waals surface area (Å²) in [6.07, 6.45) is 0. The van der Waals surface area contributed by atoms with Gasteiger partial charge in [-0.25, -0.2) is 4.31 Å². The molecular formula is C8H20O4P2S3. The smallest absolute Gasteiger partial charge is 0.322 e. The maximum Gasteiger partial charge on any atom is 0.333 e. The predicted octanol–water partition coefficient (Wildman–Crippen LogP) is 4.31. The van der Waals surface area contributed by atoms with Gasteiger partial charge >= 0.3 is 6.72 Å². The molecule has 0 amide bonds. The summed E-state index contributed by atoms with van der Waals surface area (Å²) in [4.78, 5) is 0. The first-order chi connectivity index (χ1) is 7.95.